The molecule has 12 heavy (non-hydrogen) atoms. The van der Waals surface area contributed by atoms with Crippen molar-refractivity contribution in [3.8, 4) is 0 Å². The third-order valence-corrected chi connectivity index (χ3v) is 1.18. The van der Waals surface area contributed by atoms with Crippen molar-refractivity contribution in [1.82, 2.24) is 5.32 Å². The van der Waals surface area contributed by atoms with Gasteiger partial charge in [0.2, 0.25) is 5.91 Å². The molecule has 0 radical (unpaired) electrons. The largest absolute Gasteiger partial charge is 0.481 e. The fourth-order valence-corrected chi connectivity index (χ4v) is 0.662. The van der Waals surface area contributed by atoms with Gasteiger partial charge in [0.1, 0.15) is 0 Å². The van der Waals surface area contributed by atoms with E-state index in [4.69, 9.17) is 5.11 Å². The van der Waals surface area contributed by atoms with Crippen molar-refractivity contribution in [2.75, 3.05) is 6.54 Å². The van der Waals surface area contributed by atoms with Gasteiger partial charge in [0.25, 0.3) is 0 Å². The van der Waals surface area contributed by atoms with Crippen LogP contribution in [0.3, 0.4) is 0 Å². The molecule has 0 heterocycles. The second-order valence-corrected chi connectivity index (χ2v) is 2.29. The molecule has 0 unspecified atom stereocenters. The second kappa shape index (κ2) is 6.39. The van der Waals surface area contributed by atoms with Gasteiger partial charge < -0.3 is 10.4 Å². The van der Waals surface area contributed by atoms with Crippen LogP contribution in [0.5, 0.6) is 0 Å². The number of amides is 1. The summed E-state index contributed by atoms with van der Waals surface area (Å²) in [5.41, 5.74) is 0. The van der Waals surface area contributed by atoms with Crippen LogP contribution in [0.25, 0.3) is 0 Å². The first-order chi connectivity index (χ1) is 5.66. The Labute approximate surface area is 71.3 Å². The zero-order valence-electron chi connectivity index (χ0n) is 7.04. The standard InChI is InChI=1S/C8H13NO3/c1-2-4-7(10)9-6-3-5-8(11)12/h2,4H,3,5-6H2,1H3,(H,9,10)(H,11,12). The van der Waals surface area contributed by atoms with Crippen molar-refractivity contribution in [1.29, 1.82) is 0 Å². The molecule has 0 aliphatic rings. The molecule has 0 aromatic rings. The molecule has 0 bridgehead atoms. The number of carbonyl (C=O) groups is 2. The maximum absolute atomic E-state index is 10.7. The zero-order valence-corrected chi connectivity index (χ0v) is 7.04. The van der Waals surface area contributed by atoms with E-state index in [0.29, 0.717) is 13.0 Å². The predicted octanol–water partition coefficient (Wildman–Crippen LogP) is 0.544. The maximum atomic E-state index is 10.7. The van der Waals surface area contributed by atoms with Crippen molar-refractivity contribution in [3.05, 3.63) is 12.2 Å². The summed E-state index contributed by atoms with van der Waals surface area (Å²) in [6.07, 6.45) is 3.60. The molecular formula is C8H13NO3. The van der Waals surface area contributed by atoms with Crippen LogP contribution in [0.1, 0.15) is 19.8 Å². The van der Waals surface area contributed by atoms with Gasteiger partial charge in [0, 0.05) is 13.0 Å². The van der Waals surface area contributed by atoms with Crippen LogP contribution >= 0.6 is 0 Å². The van der Waals surface area contributed by atoms with Crippen LogP contribution in [-0.2, 0) is 9.59 Å². The molecule has 2 N–H and O–H groups in total. The Kier molecular flexibility index (Phi) is 5.69. The van der Waals surface area contributed by atoms with Gasteiger partial charge >= 0.3 is 5.97 Å². The number of carboxylic acid groups (broad SMARTS) is 1. The van der Waals surface area contributed by atoms with Crippen molar-refractivity contribution >= 4 is 11.9 Å². The van der Waals surface area contributed by atoms with E-state index < -0.39 is 5.97 Å². The van der Waals surface area contributed by atoms with Gasteiger partial charge in [-0.15, -0.1) is 0 Å². The fourth-order valence-electron chi connectivity index (χ4n) is 0.662. The molecule has 0 aromatic heterocycles. The number of carboxylic acids is 1. The van der Waals surface area contributed by atoms with E-state index in [1.54, 1.807) is 13.0 Å². The summed E-state index contributed by atoms with van der Waals surface area (Å²) >= 11 is 0. The summed E-state index contributed by atoms with van der Waals surface area (Å²) < 4.78 is 0. The Hall–Kier alpha value is -1.32. The molecule has 0 atom stereocenters. The van der Waals surface area contributed by atoms with Crippen molar-refractivity contribution in [2.24, 2.45) is 0 Å². The molecular weight excluding hydrogens is 158 g/mol. The minimum atomic E-state index is -0.838. The zero-order chi connectivity index (χ0) is 9.40. The molecule has 0 aliphatic carbocycles. The van der Waals surface area contributed by atoms with Gasteiger partial charge in [-0.1, -0.05) is 6.08 Å². The number of hydrogen-bond acceptors (Lipinski definition) is 2. The van der Waals surface area contributed by atoms with Gasteiger partial charge in [-0.05, 0) is 19.4 Å². The average Bonchev–Trinajstić information content (AvgIpc) is 1.98. The van der Waals surface area contributed by atoms with E-state index in [-0.39, 0.29) is 12.3 Å². The van der Waals surface area contributed by atoms with Crippen LogP contribution in [0.15, 0.2) is 12.2 Å². The minimum Gasteiger partial charge on any atom is -0.481 e. The van der Waals surface area contributed by atoms with Gasteiger partial charge in [0.15, 0.2) is 0 Å². The van der Waals surface area contributed by atoms with E-state index in [1.165, 1.54) is 6.08 Å². The van der Waals surface area contributed by atoms with E-state index >= 15 is 0 Å². The molecule has 0 aromatic carbocycles. The number of aliphatic carboxylic acids is 1. The Morgan fingerprint density at radius 1 is 1.50 bits per heavy atom. The molecule has 0 saturated carbocycles. The number of carbonyl (C=O) groups excluding carboxylic acids is 1. The summed E-state index contributed by atoms with van der Waals surface area (Å²) in [6.45, 7) is 2.16. The van der Waals surface area contributed by atoms with Crippen LogP contribution in [0.4, 0.5) is 0 Å². The second-order valence-electron chi connectivity index (χ2n) is 2.29. The predicted molar refractivity (Wildman–Crippen MR) is 44.7 cm³/mol. The maximum Gasteiger partial charge on any atom is 0.303 e. The van der Waals surface area contributed by atoms with Crippen LogP contribution in [-0.4, -0.2) is 23.5 Å². The summed E-state index contributed by atoms with van der Waals surface area (Å²) in [7, 11) is 0. The smallest absolute Gasteiger partial charge is 0.303 e. The van der Waals surface area contributed by atoms with Gasteiger partial charge in [-0.3, -0.25) is 9.59 Å². The van der Waals surface area contributed by atoms with E-state index in [9.17, 15) is 9.59 Å². The minimum absolute atomic E-state index is 0.0934. The Morgan fingerprint density at radius 2 is 2.17 bits per heavy atom. The van der Waals surface area contributed by atoms with Crippen LogP contribution in [0.2, 0.25) is 0 Å². The SMILES string of the molecule is CC=CC(=O)NCCCC(=O)O. The van der Waals surface area contributed by atoms with Crippen molar-refractivity contribution in [2.45, 2.75) is 19.8 Å². The lowest BCUT2D eigenvalue weighted by molar-refractivity contribution is -0.137. The lowest BCUT2D eigenvalue weighted by atomic mass is 10.3. The molecule has 0 rings (SSSR count). The number of nitrogens with one attached hydrogen (secondary N) is 1. The first-order valence-corrected chi connectivity index (χ1v) is 3.79. The molecule has 1 amide bonds. The fraction of sp³-hybridized carbons (Fsp3) is 0.500. The average molecular weight is 171 g/mol. The molecule has 0 saturated heterocycles. The van der Waals surface area contributed by atoms with Crippen molar-refractivity contribution in [3.63, 3.8) is 0 Å². The van der Waals surface area contributed by atoms with E-state index in [1.807, 2.05) is 0 Å². The summed E-state index contributed by atoms with van der Waals surface area (Å²) in [4.78, 5) is 20.8. The molecule has 4 heteroatoms. The van der Waals surface area contributed by atoms with E-state index in [2.05, 4.69) is 5.32 Å². The van der Waals surface area contributed by atoms with Gasteiger partial charge in [0.05, 0.1) is 0 Å². The Balaban J connectivity index is 3.31. The molecule has 0 spiro atoms. The normalized spacial score (nSPS) is 10.1. The molecule has 0 aliphatic heterocycles. The Bertz CT molecular complexity index is 187. The highest BCUT2D eigenvalue weighted by Gasteiger charge is 1.97. The highest BCUT2D eigenvalue weighted by atomic mass is 16.4. The first-order valence-electron chi connectivity index (χ1n) is 3.79. The highest BCUT2D eigenvalue weighted by molar-refractivity contribution is 5.87. The topological polar surface area (TPSA) is 66.4 Å². The summed E-state index contributed by atoms with van der Waals surface area (Å²) in [5.74, 6) is -1.02. The summed E-state index contributed by atoms with van der Waals surface area (Å²) in [5, 5.41) is 10.8. The lowest BCUT2D eigenvalue weighted by Crippen LogP contribution is -2.22. The summed E-state index contributed by atoms with van der Waals surface area (Å²) in [6, 6.07) is 0. The highest BCUT2D eigenvalue weighted by Crippen LogP contribution is 1.85. The Morgan fingerprint density at radius 3 is 2.67 bits per heavy atom. The molecule has 4 nitrogen and oxygen atoms in total. The number of allylic oxidation sites excluding steroid dienone is 1. The van der Waals surface area contributed by atoms with Crippen LogP contribution in [0, 0.1) is 0 Å². The van der Waals surface area contributed by atoms with Crippen molar-refractivity contribution < 1.29 is 14.7 Å². The van der Waals surface area contributed by atoms with Gasteiger partial charge in [-0.25, -0.2) is 0 Å². The van der Waals surface area contributed by atoms with E-state index in [0.717, 1.165) is 0 Å². The monoisotopic (exact) mass is 171 g/mol. The molecule has 68 valence electrons. The molecule has 0 fully saturated rings. The first kappa shape index (κ1) is 10.7. The van der Waals surface area contributed by atoms with Crippen LogP contribution < -0.4 is 5.32 Å². The van der Waals surface area contributed by atoms with Gasteiger partial charge in [-0.2, -0.15) is 0 Å². The lowest BCUT2D eigenvalue weighted by Gasteiger charge is -1.98. The third kappa shape index (κ3) is 6.80. The quantitative estimate of drug-likeness (QED) is 0.468. The number of rotatable bonds is 5. The number of hydrogen-bond donors (Lipinski definition) is 2. The third-order valence-electron chi connectivity index (χ3n) is 1.18.